The number of alkyl halides is 5. The molecule has 2 aromatic heterocycles. The van der Waals surface area contributed by atoms with Crippen LogP contribution in [0.3, 0.4) is 0 Å². The van der Waals surface area contributed by atoms with Gasteiger partial charge < -0.3 is 4.42 Å². The summed E-state index contributed by atoms with van der Waals surface area (Å²) in [6.07, 6.45) is -4.58. The molecule has 0 saturated carbocycles. The Morgan fingerprint density at radius 3 is 2.47 bits per heavy atom. The van der Waals surface area contributed by atoms with Gasteiger partial charge in [-0.25, -0.2) is 5.01 Å². The van der Waals surface area contributed by atoms with E-state index in [9.17, 15) is 26.7 Å². The van der Waals surface area contributed by atoms with E-state index in [0.717, 1.165) is 11.2 Å². The van der Waals surface area contributed by atoms with E-state index in [1.807, 2.05) is 0 Å². The van der Waals surface area contributed by atoms with E-state index in [-0.39, 0.29) is 11.5 Å². The summed E-state index contributed by atoms with van der Waals surface area (Å²) >= 11 is 0. The van der Waals surface area contributed by atoms with Crippen molar-refractivity contribution < 1.29 is 31.2 Å². The molecule has 156 valence electrons. The van der Waals surface area contributed by atoms with Gasteiger partial charge in [0.1, 0.15) is 0 Å². The number of benzene rings is 1. The summed E-state index contributed by atoms with van der Waals surface area (Å²) < 4.78 is 68.1. The van der Waals surface area contributed by atoms with Gasteiger partial charge in [0.05, 0.1) is 17.3 Å². The third-order valence-corrected chi connectivity index (χ3v) is 3.77. The molecule has 0 saturated heterocycles. The molecule has 0 bridgehead atoms. The van der Waals surface area contributed by atoms with Crippen LogP contribution in [-0.4, -0.2) is 39.4 Å². The van der Waals surface area contributed by atoms with Crippen LogP contribution in [0.2, 0.25) is 0 Å². The van der Waals surface area contributed by atoms with Crippen molar-refractivity contribution in [2.45, 2.75) is 12.6 Å². The zero-order chi connectivity index (χ0) is 21.9. The van der Waals surface area contributed by atoms with Crippen LogP contribution in [0, 0.1) is 0 Å². The van der Waals surface area contributed by atoms with Gasteiger partial charge in [0.15, 0.2) is 0 Å². The number of pyridine rings is 1. The van der Waals surface area contributed by atoms with E-state index in [2.05, 4.69) is 20.3 Å². The number of hydrazone groups is 1. The summed E-state index contributed by atoms with van der Waals surface area (Å²) in [5, 5.41) is 11.5. The van der Waals surface area contributed by atoms with Gasteiger partial charge in [0, 0.05) is 25.0 Å². The molecule has 0 radical (unpaired) electrons. The molecule has 12 heteroatoms. The summed E-state index contributed by atoms with van der Waals surface area (Å²) in [5.74, 6) is -1.66. The molecule has 0 atom stereocenters. The van der Waals surface area contributed by atoms with E-state index < -0.39 is 30.0 Å². The third-order valence-electron chi connectivity index (χ3n) is 3.77. The Bertz CT molecular complexity index is 1060. The Hall–Kier alpha value is -3.70. The second-order valence-electron chi connectivity index (χ2n) is 5.90. The largest absolute Gasteiger partial charge is 0.417 e. The number of carbonyl (C=O) groups excluding carboxylic acids is 1. The predicted molar refractivity (Wildman–Crippen MR) is 93.6 cm³/mol. The van der Waals surface area contributed by atoms with Crippen molar-refractivity contribution in [2.24, 2.45) is 5.10 Å². The summed E-state index contributed by atoms with van der Waals surface area (Å²) in [6.45, 7) is 0. The lowest BCUT2D eigenvalue weighted by Crippen LogP contribution is -2.22. The molecule has 1 aromatic carbocycles. The first-order chi connectivity index (χ1) is 14.1. The SMILES string of the molecule is CN(/N=C/c1ccc(-c2nnc(C(F)F)o2)cc1)C(=O)c1cncc(C(F)(F)F)c1. The minimum atomic E-state index is -4.62. The topological polar surface area (TPSA) is 84.5 Å². The van der Waals surface area contributed by atoms with E-state index in [0.29, 0.717) is 23.4 Å². The van der Waals surface area contributed by atoms with Crippen LogP contribution in [0.25, 0.3) is 11.5 Å². The van der Waals surface area contributed by atoms with Crippen molar-refractivity contribution in [3.8, 4) is 11.5 Å². The quantitative estimate of drug-likeness (QED) is 0.348. The van der Waals surface area contributed by atoms with Crippen LogP contribution in [0.4, 0.5) is 22.0 Å². The van der Waals surface area contributed by atoms with Gasteiger partial charge in [-0.3, -0.25) is 9.78 Å². The smallest absolute Gasteiger partial charge is 0.415 e. The van der Waals surface area contributed by atoms with E-state index in [1.165, 1.54) is 25.4 Å². The van der Waals surface area contributed by atoms with Crippen molar-refractivity contribution in [3.05, 3.63) is 65.3 Å². The Morgan fingerprint density at radius 1 is 1.17 bits per heavy atom. The Labute approximate surface area is 165 Å². The molecular weight excluding hydrogens is 413 g/mol. The van der Waals surface area contributed by atoms with Crippen molar-refractivity contribution in [1.29, 1.82) is 0 Å². The minimum absolute atomic E-state index is 0.0851. The highest BCUT2D eigenvalue weighted by atomic mass is 19.4. The summed E-state index contributed by atoms with van der Waals surface area (Å²) in [6, 6.07) is 6.82. The molecule has 0 unspecified atom stereocenters. The molecule has 0 N–H and O–H groups in total. The monoisotopic (exact) mass is 425 g/mol. The summed E-state index contributed by atoms with van der Waals surface area (Å²) in [7, 11) is 1.28. The predicted octanol–water partition coefficient (Wildman–Crippen LogP) is 4.19. The van der Waals surface area contributed by atoms with Gasteiger partial charge in [-0.05, 0) is 23.8 Å². The van der Waals surface area contributed by atoms with Crippen molar-refractivity contribution in [3.63, 3.8) is 0 Å². The van der Waals surface area contributed by atoms with Gasteiger partial charge in [-0.1, -0.05) is 12.1 Å². The van der Waals surface area contributed by atoms with Gasteiger partial charge in [-0.2, -0.15) is 27.1 Å². The standard InChI is InChI=1S/C18H12F5N5O2/c1-28(17(29)12-6-13(9-24-8-12)18(21,22)23)25-7-10-2-4-11(5-3-10)15-26-27-16(30-15)14(19)20/h2-9,14H,1H3/b25-7+. The molecule has 0 fully saturated rings. The van der Waals surface area contributed by atoms with Gasteiger partial charge in [-0.15, -0.1) is 10.2 Å². The van der Waals surface area contributed by atoms with Gasteiger partial charge in [0.25, 0.3) is 11.8 Å². The first-order valence-electron chi connectivity index (χ1n) is 8.21. The van der Waals surface area contributed by atoms with Crippen LogP contribution in [-0.2, 0) is 6.18 Å². The van der Waals surface area contributed by atoms with Crippen LogP contribution in [0.5, 0.6) is 0 Å². The average Bonchev–Trinajstić information content (AvgIpc) is 3.22. The number of aromatic nitrogens is 3. The number of halogens is 5. The van der Waals surface area contributed by atoms with Crippen LogP contribution < -0.4 is 0 Å². The molecule has 30 heavy (non-hydrogen) atoms. The Kier molecular flexibility index (Phi) is 5.85. The second kappa shape index (κ2) is 8.35. The third kappa shape index (κ3) is 4.82. The number of carbonyl (C=O) groups is 1. The van der Waals surface area contributed by atoms with Gasteiger partial charge in [0.2, 0.25) is 5.89 Å². The number of hydrogen-bond donors (Lipinski definition) is 0. The normalized spacial score (nSPS) is 12.0. The van der Waals surface area contributed by atoms with Crippen LogP contribution in [0.1, 0.15) is 33.8 Å². The summed E-state index contributed by atoms with van der Waals surface area (Å²) in [4.78, 5) is 15.7. The van der Waals surface area contributed by atoms with Crippen molar-refractivity contribution >= 4 is 12.1 Å². The number of amides is 1. The highest BCUT2D eigenvalue weighted by Crippen LogP contribution is 2.29. The Morgan fingerprint density at radius 2 is 1.87 bits per heavy atom. The van der Waals surface area contributed by atoms with E-state index in [1.54, 1.807) is 12.1 Å². The number of rotatable bonds is 5. The molecule has 0 aliphatic rings. The fraction of sp³-hybridized carbons (Fsp3) is 0.167. The lowest BCUT2D eigenvalue weighted by atomic mass is 10.1. The molecular formula is C18H12F5N5O2. The van der Waals surface area contributed by atoms with E-state index in [4.69, 9.17) is 4.42 Å². The van der Waals surface area contributed by atoms with Gasteiger partial charge >= 0.3 is 12.6 Å². The first kappa shape index (κ1) is 21.0. The highest BCUT2D eigenvalue weighted by Gasteiger charge is 2.31. The second-order valence-corrected chi connectivity index (χ2v) is 5.90. The Balaban J connectivity index is 1.70. The lowest BCUT2D eigenvalue weighted by Gasteiger charge is -2.12. The zero-order valence-corrected chi connectivity index (χ0v) is 15.1. The fourth-order valence-electron chi connectivity index (χ4n) is 2.26. The van der Waals surface area contributed by atoms with Crippen molar-refractivity contribution in [1.82, 2.24) is 20.2 Å². The maximum absolute atomic E-state index is 12.8. The van der Waals surface area contributed by atoms with Crippen LogP contribution >= 0.6 is 0 Å². The minimum Gasteiger partial charge on any atom is -0.415 e. The molecule has 7 nitrogen and oxygen atoms in total. The summed E-state index contributed by atoms with van der Waals surface area (Å²) in [5.41, 5.74) is -0.399. The molecule has 3 aromatic rings. The van der Waals surface area contributed by atoms with Crippen molar-refractivity contribution in [2.75, 3.05) is 7.05 Å². The molecule has 0 spiro atoms. The maximum atomic E-state index is 12.8. The van der Waals surface area contributed by atoms with E-state index >= 15 is 0 Å². The molecule has 2 heterocycles. The molecule has 0 aliphatic carbocycles. The maximum Gasteiger partial charge on any atom is 0.417 e. The van der Waals surface area contributed by atoms with Crippen LogP contribution in [0.15, 0.2) is 52.2 Å². The highest BCUT2D eigenvalue weighted by molar-refractivity contribution is 5.94. The molecule has 0 aliphatic heterocycles. The molecule has 3 rings (SSSR count). The number of hydrogen-bond acceptors (Lipinski definition) is 6. The first-order valence-corrected chi connectivity index (χ1v) is 8.21. The average molecular weight is 425 g/mol. The number of nitrogens with zero attached hydrogens (tertiary/aromatic N) is 5. The fourth-order valence-corrected chi connectivity index (χ4v) is 2.26. The molecule has 1 amide bonds. The zero-order valence-electron chi connectivity index (χ0n) is 15.1. The lowest BCUT2D eigenvalue weighted by molar-refractivity contribution is -0.137.